The second kappa shape index (κ2) is 6.45. The molecule has 1 aromatic carbocycles. The summed E-state index contributed by atoms with van der Waals surface area (Å²) in [7, 11) is 0. The van der Waals surface area contributed by atoms with Crippen molar-refractivity contribution in [2.75, 3.05) is 6.61 Å². The maximum atomic E-state index is 10.8. The van der Waals surface area contributed by atoms with Gasteiger partial charge in [-0.25, -0.2) is 0 Å². The second-order valence-corrected chi connectivity index (χ2v) is 7.22. The van der Waals surface area contributed by atoms with E-state index >= 15 is 0 Å². The first kappa shape index (κ1) is 15.6. The van der Waals surface area contributed by atoms with Gasteiger partial charge in [-0.05, 0) is 37.7 Å². The lowest BCUT2D eigenvalue weighted by molar-refractivity contribution is -0.134. The summed E-state index contributed by atoms with van der Waals surface area (Å²) in [4.78, 5) is 0. The van der Waals surface area contributed by atoms with Gasteiger partial charge in [-0.1, -0.05) is 54.6 Å². The molecule has 21 heavy (non-hydrogen) atoms. The predicted octanol–water partition coefficient (Wildman–Crippen LogP) is 5.16. The zero-order chi connectivity index (χ0) is 14.9. The van der Waals surface area contributed by atoms with Crippen molar-refractivity contribution in [1.29, 1.82) is 0 Å². The van der Waals surface area contributed by atoms with E-state index in [9.17, 15) is 5.11 Å². The Kier molecular flexibility index (Phi) is 4.80. The van der Waals surface area contributed by atoms with E-state index in [2.05, 4.69) is 0 Å². The third kappa shape index (κ3) is 3.24. The molecule has 1 aliphatic carbocycles. The quantitative estimate of drug-likeness (QED) is 0.812. The average Bonchev–Trinajstić information content (AvgIpc) is 2.50. The van der Waals surface area contributed by atoms with Gasteiger partial charge in [0.15, 0.2) is 0 Å². The first-order valence-electron chi connectivity index (χ1n) is 7.87. The third-order valence-corrected chi connectivity index (χ3v) is 5.88. The van der Waals surface area contributed by atoms with Crippen LogP contribution in [0.15, 0.2) is 18.2 Å². The van der Waals surface area contributed by atoms with Gasteiger partial charge >= 0.3 is 0 Å². The monoisotopic (exact) mass is 328 g/mol. The fourth-order valence-corrected chi connectivity index (χ4v) is 4.30. The van der Waals surface area contributed by atoms with E-state index < -0.39 is 6.10 Å². The molecule has 1 spiro atoms. The van der Waals surface area contributed by atoms with Crippen molar-refractivity contribution in [3.05, 3.63) is 33.8 Å². The molecule has 1 aliphatic heterocycles. The first-order valence-corrected chi connectivity index (χ1v) is 8.63. The summed E-state index contributed by atoms with van der Waals surface area (Å²) in [5.74, 6) is 0.202. The molecule has 0 amide bonds. The molecule has 1 N–H and O–H groups in total. The molecule has 2 nitrogen and oxygen atoms in total. The number of rotatable bonds is 2. The molecule has 2 fully saturated rings. The van der Waals surface area contributed by atoms with E-state index in [0.29, 0.717) is 10.0 Å². The van der Waals surface area contributed by atoms with Crippen LogP contribution in [0.25, 0.3) is 0 Å². The van der Waals surface area contributed by atoms with Gasteiger partial charge in [-0.2, -0.15) is 0 Å². The number of aliphatic hydroxyl groups is 1. The van der Waals surface area contributed by atoms with Crippen LogP contribution in [-0.2, 0) is 4.74 Å². The van der Waals surface area contributed by atoms with E-state index in [1.165, 1.54) is 19.3 Å². The van der Waals surface area contributed by atoms with Crippen molar-refractivity contribution in [3.8, 4) is 0 Å². The average molecular weight is 329 g/mol. The number of benzene rings is 1. The van der Waals surface area contributed by atoms with E-state index in [-0.39, 0.29) is 11.5 Å². The molecule has 1 heterocycles. The SMILES string of the molecule is OC(c1cccc(Cl)c1Cl)C1CCOC2(CCCCC2)C1. The fourth-order valence-electron chi connectivity index (χ4n) is 3.88. The van der Waals surface area contributed by atoms with E-state index in [1.807, 2.05) is 12.1 Å². The van der Waals surface area contributed by atoms with Gasteiger partial charge in [0.2, 0.25) is 0 Å². The van der Waals surface area contributed by atoms with Crippen molar-refractivity contribution in [1.82, 2.24) is 0 Å². The van der Waals surface area contributed by atoms with Gasteiger partial charge in [-0.3, -0.25) is 0 Å². The highest BCUT2D eigenvalue weighted by Gasteiger charge is 2.41. The Balaban J connectivity index is 1.78. The number of halogens is 2. The van der Waals surface area contributed by atoms with Gasteiger partial charge in [0.25, 0.3) is 0 Å². The minimum atomic E-state index is -0.557. The summed E-state index contributed by atoms with van der Waals surface area (Å²) in [6.07, 6.45) is 7.28. The fraction of sp³-hybridized carbons (Fsp3) is 0.647. The number of aliphatic hydroxyl groups excluding tert-OH is 1. The van der Waals surface area contributed by atoms with Gasteiger partial charge in [0.05, 0.1) is 21.8 Å². The van der Waals surface area contributed by atoms with Crippen molar-refractivity contribution < 1.29 is 9.84 Å². The van der Waals surface area contributed by atoms with Gasteiger partial charge in [0, 0.05) is 12.2 Å². The van der Waals surface area contributed by atoms with Crippen LogP contribution in [-0.4, -0.2) is 17.3 Å². The standard InChI is InChI=1S/C17H22Cl2O2/c18-14-6-4-5-13(15(14)19)16(20)12-7-10-21-17(11-12)8-2-1-3-9-17/h4-6,12,16,20H,1-3,7-11H2. The van der Waals surface area contributed by atoms with Gasteiger partial charge in [0.1, 0.15) is 0 Å². The van der Waals surface area contributed by atoms with Crippen LogP contribution in [0, 0.1) is 5.92 Å². The van der Waals surface area contributed by atoms with Crippen molar-refractivity contribution in [2.45, 2.75) is 56.7 Å². The Hall–Kier alpha value is -0.280. The van der Waals surface area contributed by atoms with E-state index in [1.54, 1.807) is 6.07 Å². The van der Waals surface area contributed by atoms with Crippen LogP contribution in [0.1, 0.15) is 56.6 Å². The molecule has 0 aromatic heterocycles. The largest absolute Gasteiger partial charge is 0.388 e. The summed E-state index contributed by atoms with van der Waals surface area (Å²) < 4.78 is 6.11. The lowest BCUT2D eigenvalue weighted by atomic mass is 9.74. The second-order valence-electron chi connectivity index (χ2n) is 6.43. The first-order chi connectivity index (χ1) is 10.1. The van der Waals surface area contributed by atoms with Gasteiger partial charge in [-0.15, -0.1) is 0 Å². The van der Waals surface area contributed by atoms with E-state index in [0.717, 1.165) is 37.9 Å². The number of hydrogen-bond donors (Lipinski definition) is 1. The minimum absolute atomic E-state index is 0.00675. The van der Waals surface area contributed by atoms with Crippen molar-refractivity contribution in [2.24, 2.45) is 5.92 Å². The molecule has 1 saturated carbocycles. The molecule has 3 rings (SSSR count). The van der Waals surface area contributed by atoms with E-state index in [4.69, 9.17) is 27.9 Å². The Labute approximate surface area is 136 Å². The third-order valence-electron chi connectivity index (χ3n) is 5.04. The molecule has 2 atom stereocenters. The summed E-state index contributed by atoms with van der Waals surface area (Å²) in [6.45, 7) is 0.736. The van der Waals surface area contributed by atoms with Crippen LogP contribution in [0.3, 0.4) is 0 Å². The Morgan fingerprint density at radius 1 is 1.19 bits per heavy atom. The molecule has 116 valence electrons. The summed E-state index contributed by atoms with van der Waals surface area (Å²) in [6, 6.07) is 5.48. The predicted molar refractivity (Wildman–Crippen MR) is 85.9 cm³/mol. The smallest absolute Gasteiger partial charge is 0.0835 e. The maximum Gasteiger partial charge on any atom is 0.0835 e. The molecule has 0 bridgehead atoms. The topological polar surface area (TPSA) is 29.5 Å². The molecule has 0 radical (unpaired) electrons. The number of ether oxygens (including phenoxy) is 1. The lowest BCUT2D eigenvalue weighted by Crippen LogP contribution is -2.42. The van der Waals surface area contributed by atoms with Crippen LogP contribution in [0.5, 0.6) is 0 Å². The van der Waals surface area contributed by atoms with Crippen LogP contribution in [0.4, 0.5) is 0 Å². The molecule has 1 saturated heterocycles. The molecular formula is C17H22Cl2O2. The van der Waals surface area contributed by atoms with Crippen molar-refractivity contribution in [3.63, 3.8) is 0 Å². The Bertz CT molecular complexity index is 492. The minimum Gasteiger partial charge on any atom is -0.388 e. The molecular weight excluding hydrogens is 307 g/mol. The normalized spacial score (nSPS) is 26.7. The van der Waals surface area contributed by atoms with Crippen LogP contribution in [0.2, 0.25) is 10.0 Å². The summed E-state index contributed by atoms with van der Waals surface area (Å²) >= 11 is 12.3. The highest BCUT2D eigenvalue weighted by atomic mass is 35.5. The summed E-state index contributed by atoms with van der Waals surface area (Å²) in [5, 5.41) is 11.8. The zero-order valence-corrected chi connectivity index (χ0v) is 13.7. The maximum absolute atomic E-state index is 10.8. The van der Waals surface area contributed by atoms with Crippen LogP contribution < -0.4 is 0 Å². The lowest BCUT2D eigenvalue weighted by Gasteiger charge is -2.44. The van der Waals surface area contributed by atoms with Crippen molar-refractivity contribution >= 4 is 23.2 Å². The molecule has 1 aromatic rings. The molecule has 2 unspecified atom stereocenters. The van der Waals surface area contributed by atoms with Gasteiger partial charge < -0.3 is 9.84 Å². The highest BCUT2D eigenvalue weighted by Crippen LogP contribution is 2.45. The highest BCUT2D eigenvalue weighted by molar-refractivity contribution is 6.42. The van der Waals surface area contributed by atoms with Crippen LogP contribution >= 0.6 is 23.2 Å². The Morgan fingerprint density at radius 2 is 1.95 bits per heavy atom. The zero-order valence-electron chi connectivity index (χ0n) is 12.2. The number of hydrogen-bond acceptors (Lipinski definition) is 2. The molecule has 2 aliphatic rings. The summed E-state index contributed by atoms with van der Waals surface area (Å²) in [5.41, 5.74) is 0.745. The molecule has 4 heteroatoms. The Morgan fingerprint density at radius 3 is 2.71 bits per heavy atom.